The van der Waals surface area contributed by atoms with Crippen molar-refractivity contribution in [1.29, 1.82) is 0 Å². The average molecular weight is 433 g/mol. The number of nitrogens with two attached hydrogens (primary N) is 1. The summed E-state index contributed by atoms with van der Waals surface area (Å²) in [6.45, 7) is 1.42. The van der Waals surface area contributed by atoms with Crippen LogP contribution in [0.4, 0.5) is 0 Å². The van der Waals surface area contributed by atoms with Gasteiger partial charge in [0.05, 0.1) is 0 Å². The Bertz CT molecular complexity index is 1070. The van der Waals surface area contributed by atoms with E-state index in [9.17, 15) is 0 Å². The van der Waals surface area contributed by atoms with Crippen molar-refractivity contribution < 1.29 is 9.47 Å². The monoisotopic (exact) mass is 432 g/mol. The van der Waals surface area contributed by atoms with E-state index in [0.717, 1.165) is 33.6 Å². The molecule has 2 N–H and O–H groups in total. The quantitative estimate of drug-likeness (QED) is 0.383. The molecule has 5 heteroatoms. The first-order valence-corrected chi connectivity index (χ1v) is 9.95. The van der Waals surface area contributed by atoms with Crippen molar-refractivity contribution in [3.05, 3.63) is 114 Å². The largest absolute Gasteiger partial charge is 0.489 e. The first-order valence-electron chi connectivity index (χ1n) is 9.95. The standard InChI is InChI=1S/C26H24N2O2.ClH/c27-16-24-15-22(11-13-25(24)29-18-20-7-3-1-4-8-20)23-12-14-26(28-17-23)30-19-21-9-5-2-6-10-21;/h1-15,17H,16,18-19,27H2;1H. The van der Waals surface area contributed by atoms with Crippen LogP contribution in [0.1, 0.15) is 16.7 Å². The van der Waals surface area contributed by atoms with Gasteiger partial charge >= 0.3 is 0 Å². The predicted octanol–water partition coefficient (Wildman–Crippen LogP) is 5.79. The number of pyridine rings is 1. The van der Waals surface area contributed by atoms with Crippen LogP contribution in [0.3, 0.4) is 0 Å². The van der Waals surface area contributed by atoms with Crippen LogP contribution in [0, 0.1) is 0 Å². The van der Waals surface area contributed by atoms with Gasteiger partial charge in [-0.3, -0.25) is 0 Å². The third kappa shape index (κ3) is 6.07. The number of hydrogen-bond acceptors (Lipinski definition) is 4. The molecule has 0 saturated heterocycles. The fraction of sp³-hybridized carbons (Fsp3) is 0.115. The Morgan fingerprint density at radius 3 is 1.87 bits per heavy atom. The summed E-state index contributed by atoms with van der Waals surface area (Å²) in [7, 11) is 0. The molecule has 3 aromatic carbocycles. The van der Waals surface area contributed by atoms with Gasteiger partial charge in [0.2, 0.25) is 5.88 Å². The number of nitrogens with zero attached hydrogens (tertiary/aromatic N) is 1. The van der Waals surface area contributed by atoms with Crippen molar-refractivity contribution in [2.45, 2.75) is 19.8 Å². The Kier molecular flexibility index (Phi) is 8.05. The highest BCUT2D eigenvalue weighted by molar-refractivity contribution is 5.85. The molecule has 4 aromatic rings. The fourth-order valence-corrected chi connectivity index (χ4v) is 3.16. The molecule has 1 aromatic heterocycles. The van der Waals surface area contributed by atoms with E-state index in [2.05, 4.69) is 11.1 Å². The van der Waals surface area contributed by atoms with Crippen LogP contribution in [0.5, 0.6) is 11.6 Å². The Labute approximate surface area is 189 Å². The van der Waals surface area contributed by atoms with Gasteiger partial charge < -0.3 is 15.2 Å². The third-order valence-electron chi connectivity index (χ3n) is 4.82. The summed E-state index contributed by atoms with van der Waals surface area (Å²) in [6.07, 6.45) is 1.82. The van der Waals surface area contributed by atoms with Gasteiger partial charge in [0, 0.05) is 29.9 Å². The van der Waals surface area contributed by atoms with Crippen LogP contribution < -0.4 is 15.2 Å². The smallest absolute Gasteiger partial charge is 0.213 e. The number of aromatic nitrogens is 1. The van der Waals surface area contributed by atoms with Crippen LogP contribution in [0.15, 0.2) is 97.2 Å². The molecule has 31 heavy (non-hydrogen) atoms. The van der Waals surface area contributed by atoms with Gasteiger partial charge in [0.1, 0.15) is 19.0 Å². The van der Waals surface area contributed by atoms with E-state index in [-0.39, 0.29) is 12.4 Å². The maximum absolute atomic E-state index is 5.98. The molecule has 0 fully saturated rings. The zero-order valence-corrected chi connectivity index (χ0v) is 17.9. The highest BCUT2D eigenvalue weighted by Gasteiger charge is 2.07. The lowest BCUT2D eigenvalue weighted by molar-refractivity contribution is 0.294. The van der Waals surface area contributed by atoms with Gasteiger partial charge in [0.25, 0.3) is 0 Å². The van der Waals surface area contributed by atoms with Crippen molar-refractivity contribution in [3.8, 4) is 22.8 Å². The summed E-state index contributed by atoms with van der Waals surface area (Å²) >= 11 is 0. The minimum atomic E-state index is 0. The fourth-order valence-electron chi connectivity index (χ4n) is 3.16. The second-order valence-electron chi connectivity index (χ2n) is 6.96. The second kappa shape index (κ2) is 11.2. The average Bonchev–Trinajstić information content (AvgIpc) is 2.83. The van der Waals surface area contributed by atoms with E-state index >= 15 is 0 Å². The SMILES string of the molecule is Cl.NCc1cc(-c2ccc(OCc3ccccc3)nc2)ccc1OCc1ccccc1. The summed E-state index contributed by atoms with van der Waals surface area (Å²) in [5.41, 5.74) is 11.2. The molecular formula is C26H25ClN2O2. The maximum Gasteiger partial charge on any atom is 0.213 e. The highest BCUT2D eigenvalue weighted by atomic mass is 35.5. The van der Waals surface area contributed by atoms with Gasteiger partial charge in [-0.25, -0.2) is 4.98 Å². The molecular weight excluding hydrogens is 408 g/mol. The van der Waals surface area contributed by atoms with E-state index in [1.807, 2.05) is 91.1 Å². The summed E-state index contributed by atoms with van der Waals surface area (Å²) in [5.74, 6) is 1.41. The summed E-state index contributed by atoms with van der Waals surface area (Å²) in [4.78, 5) is 4.44. The molecule has 0 atom stereocenters. The van der Waals surface area contributed by atoms with Crippen LogP contribution in [0.25, 0.3) is 11.1 Å². The molecule has 0 spiro atoms. The van der Waals surface area contributed by atoms with Crippen molar-refractivity contribution >= 4 is 12.4 Å². The van der Waals surface area contributed by atoms with Crippen molar-refractivity contribution in [3.63, 3.8) is 0 Å². The highest BCUT2D eigenvalue weighted by Crippen LogP contribution is 2.27. The minimum Gasteiger partial charge on any atom is -0.489 e. The molecule has 158 valence electrons. The molecule has 0 aliphatic rings. The first kappa shape index (κ1) is 22.3. The Balaban J connectivity index is 0.00000272. The van der Waals surface area contributed by atoms with Gasteiger partial charge in [-0.15, -0.1) is 12.4 Å². The molecule has 0 bridgehead atoms. The predicted molar refractivity (Wildman–Crippen MR) is 126 cm³/mol. The van der Waals surface area contributed by atoms with E-state index in [0.29, 0.717) is 25.6 Å². The lowest BCUT2D eigenvalue weighted by atomic mass is 10.0. The number of rotatable bonds is 8. The van der Waals surface area contributed by atoms with Crippen LogP contribution in [0.2, 0.25) is 0 Å². The van der Waals surface area contributed by atoms with E-state index in [1.54, 1.807) is 0 Å². The molecule has 4 nitrogen and oxygen atoms in total. The van der Waals surface area contributed by atoms with Gasteiger partial charge in [-0.05, 0) is 34.9 Å². The maximum atomic E-state index is 5.98. The van der Waals surface area contributed by atoms with Gasteiger partial charge in [0.15, 0.2) is 0 Å². The van der Waals surface area contributed by atoms with Crippen LogP contribution >= 0.6 is 12.4 Å². The second-order valence-corrected chi connectivity index (χ2v) is 6.96. The Morgan fingerprint density at radius 1 is 0.677 bits per heavy atom. The zero-order chi connectivity index (χ0) is 20.6. The minimum absolute atomic E-state index is 0. The molecule has 0 aliphatic heterocycles. The summed E-state index contributed by atoms with van der Waals surface area (Å²) in [6, 6.07) is 30.1. The first-order chi connectivity index (χ1) is 14.8. The Morgan fingerprint density at radius 2 is 1.29 bits per heavy atom. The summed E-state index contributed by atoms with van der Waals surface area (Å²) < 4.78 is 11.8. The van der Waals surface area contributed by atoms with Crippen LogP contribution in [-0.4, -0.2) is 4.98 Å². The van der Waals surface area contributed by atoms with Crippen LogP contribution in [-0.2, 0) is 19.8 Å². The zero-order valence-electron chi connectivity index (χ0n) is 17.1. The normalized spacial score (nSPS) is 10.2. The number of halogens is 1. The molecule has 0 radical (unpaired) electrons. The molecule has 1 heterocycles. The number of ether oxygens (including phenoxy) is 2. The summed E-state index contributed by atoms with van der Waals surface area (Å²) in [5, 5.41) is 0. The van der Waals surface area contributed by atoms with Crippen molar-refractivity contribution in [1.82, 2.24) is 4.98 Å². The molecule has 0 aliphatic carbocycles. The Hall–Kier alpha value is -3.34. The van der Waals surface area contributed by atoms with E-state index < -0.39 is 0 Å². The molecule has 4 rings (SSSR count). The lowest BCUT2D eigenvalue weighted by Gasteiger charge is -2.13. The van der Waals surface area contributed by atoms with Gasteiger partial charge in [-0.1, -0.05) is 66.7 Å². The number of benzene rings is 3. The molecule has 0 amide bonds. The number of hydrogen-bond donors (Lipinski definition) is 1. The third-order valence-corrected chi connectivity index (χ3v) is 4.82. The van der Waals surface area contributed by atoms with Crippen molar-refractivity contribution in [2.75, 3.05) is 0 Å². The van der Waals surface area contributed by atoms with Crippen molar-refractivity contribution in [2.24, 2.45) is 5.73 Å². The molecule has 0 unspecified atom stereocenters. The van der Waals surface area contributed by atoms with E-state index in [1.165, 1.54) is 0 Å². The molecule has 0 saturated carbocycles. The lowest BCUT2D eigenvalue weighted by Crippen LogP contribution is -2.03. The van der Waals surface area contributed by atoms with E-state index in [4.69, 9.17) is 15.2 Å². The van der Waals surface area contributed by atoms with Gasteiger partial charge in [-0.2, -0.15) is 0 Å². The topological polar surface area (TPSA) is 57.4 Å².